The lowest BCUT2D eigenvalue weighted by molar-refractivity contribution is -0.137. The summed E-state index contributed by atoms with van der Waals surface area (Å²) in [4.78, 5) is 24.4. The molecule has 1 heterocycles. The van der Waals surface area contributed by atoms with E-state index in [9.17, 15) is 9.59 Å². The second-order valence-electron chi connectivity index (χ2n) is 5.37. The zero-order chi connectivity index (χ0) is 12.3. The average molecular weight is 228 g/mol. The summed E-state index contributed by atoms with van der Waals surface area (Å²) in [5.74, 6) is 0.149. The molecule has 1 rings (SSSR count). The number of nitrogens with zero attached hydrogens (tertiary/aromatic N) is 1. The predicted octanol–water partition coefficient (Wildman–Crippen LogP) is 0.989. The monoisotopic (exact) mass is 228 g/mol. The van der Waals surface area contributed by atoms with Crippen molar-refractivity contribution in [3.63, 3.8) is 0 Å². The van der Waals surface area contributed by atoms with Gasteiger partial charge in [0.1, 0.15) is 0 Å². The van der Waals surface area contributed by atoms with Crippen molar-refractivity contribution in [3.05, 3.63) is 0 Å². The van der Waals surface area contributed by atoms with Crippen molar-refractivity contribution in [2.24, 2.45) is 5.41 Å². The first kappa shape index (κ1) is 12.8. The van der Waals surface area contributed by atoms with E-state index in [0.29, 0.717) is 19.5 Å². The van der Waals surface area contributed by atoms with E-state index >= 15 is 0 Å². The highest BCUT2D eigenvalue weighted by molar-refractivity contribution is 5.78. The van der Waals surface area contributed by atoms with Gasteiger partial charge in [0, 0.05) is 19.5 Å². The molecular weight excluding hydrogens is 208 g/mol. The van der Waals surface area contributed by atoms with Crippen molar-refractivity contribution >= 4 is 12.0 Å². The van der Waals surface area contributed by atoms with Crippen LogP contribution in [0.3, 0.4) is 0 Å². The highest BCUT2D eigenvalue weighted by atomic mass is 16.5. The molecule has 0 aliphatic carbocycles. The molecule has 92 valence electrons. The van der Waals surface area contributed by atoms with E-state index in [1.54, 1.807) is 4.90 Å². The van der Waals surface area contributed by atoms with Crippen molar-refractivity contribution in [3.8, 4) is 0 Å². The van der Waals surface area contributed by atoms with Gasteiger partial charge in [-0.25, -0.2) is 4.79 Å². The van der Waals surface area contributed by atoms with Gasteiger partial charge in [0.05, 0.1) is 13.2 Å². The molecule has 0 spiro atoms. The minimum absolute atomic E-state index is 0.0119. The number of methoxy groups -OCH3 is 1. The maximum atomic E-state index is 11.7. The molecule has 0 atom stereocenters. The lowest BCUT2D eigenvalue weighted by atomic mass is 9.91. The number of rotatable bonds is 2. The van der Waals surface area contributed by atoms with Gasteiger partial charge in [-0.3, -0.25) is 4.79 Å². The summed E-state index contributed by atoms with van der Waals surface area (Å²) in [7, 11) is 1.33. The normalized spacial score (nSPS) is 16.6. The molecule has 1 fully saturated rings. The van der Waals surface area contributed by atoms with Crippen molar-refractivity contribution in [1.82, 2.24) is 10.2 Å². The summed E-state index contributed by atoms with van der Waals surface area (Å²) in [6.07, 6.45) is 0.103. The Morgan fingerprint density at radius 1 is 1.38 bits per heavy atom. The predicted molar refractivity (Wildman–Crippen MR) is 60.0 cm³/mol. The van der Waals surface area contributed by atoms with E-state index in [2.05, 4.69) is 10.1 Å². The fourth-order valence-corrected chi connectivity index (χ4v) is 1.56. The lowest BCUT2D eigenvalue weighted by Crippen LogP contribution is -2.61. The Bertz CT molecular complexity index is 277. The molecule has 0 aromatic carbocycles. The van der Waals surface area contributed by atoms with E-state index in [1.807, 2.05) is 20.8 Å². The second-order valence-corrected chi connectivity index (χ2v) is 5.37. The zero-order valence-electron chi connectivity index (χ0n) is 10.4. The van der Waals surface area contributed by atoms with Crippen molar-refractivity contribution in [2.45, 2.75) is 33.2 Å². The van der Waals surface area contributed by atoms with Gasteiger partial charge >= 0.3 is 6.09 Å². The van der Waals surface area contributed by atoms with Gasteiger partial charge in [0.25, 0.3) is 0 Å². The molecule has 0 aromatic rings. The number of carbonyl (C=O) groups is 2. The third-order valence-corrected chi connectivity index (χ3v) is 2.42. The molecule has 0 bridgehead atoms. The molecule has 1 saturated heterocycles. The Morgan fingerprint density at radius 2 is 1.94 bits per heavy atom. The first-order valence-electron chi connectivity index (χ1n) is 5.44. The van der Waals surface area contributed by atoms with E-state index < -0.39 is 6.09 Å². The van der Waals surface area contributed by atoms with Crippen LogP contribution in [0.25, 0.3) is 0 Å². The number of ether oxygens (including phenoxy) is 1. The topological polar surface area (TPSA) is 58.6 Å². The highest BCUT2D eigenvalue weighted by Crippen LogP contribution is 2.21. The van der Waals surface area contributed by atoms with Crippen LogP contribution in [0.4, 0.5) is 4.79 Å². The summed E-state index contributed by atoms with van der Waals surface area (Å²) >= 11 is 0. The van der Waals surface area contributed by atoms with Crippen molar-refractivity contribution < 1.29 is 14.3 Å². The van der Waals surface area contributed by atoms with E-state index in [-0.39, 0.29) is 17.4 Å². The van der Waals surface area contributed by atoms with Gasteiger partial charge < -0.3 is 15.0 Å². The van der Waals surface area contributed by atoms with Crippen molar-refractivity contribution in [2.75, 3.05) is 20.2 Å². The number of alkyl carbamates (subject to hydrolysis) is 1. The lowest BCUT2D eigenvalue weighted by Gasteiger charge is -2.40. The Morgan fingerprint density at radius 3 is 2.38 bits per heavy atom. The molecule has 0 radical (unpaired) electrons. The van der Waals surface area contributed by atoms with Gasteiger partial charge in [-0.15, -0.1) is 0 Å². The Balaban J connectivity index is 2.25. The number of hydrogen-bond acceptors (Lipinski definition) is 3. The summed E-state index contributed by atoms with van der Waals surface area (Å²) in [6, 6.07) is 0.0383. The minimum Gasteiger partial charge on any atom is -0.453 e. The van der Waals surface area contributed by atoms with Gasteiger partial charge in [-0.05, 0) is 5.41 Å². The second kappa shape index (κ2) is 4.72. The summed E-state index contributed by atoms with van der Waals surface area (Å²) in [5.41, 5.74) is 0.0119. The summed E-state index contributed by atoms with van der Waals surface area (Å²) in [5, 5.41) is 2.66. The van der Waals surface area contributed by atoms with Crippen LogP contribution in [0, 0.1) is 5.41 Å². The van der Waals surface area contributed by atoms with Crippen LogP contribution < -0.4 is 5.32 Å². The molecule has 1 aliphatic rings. The van der Waals surface area contributed by atoms with Crippen molar-refractivity contribution in [1.29, 1.82) is 0 Å². The SMILES string of the molecule is COC(=O)NC1CN(C(=O)CC(C)(C)C)C1. The van der Waals surface area contributed by atoms with Gasteiger partial charge in [-0.2, -0.15) is 0 Å². The maximum Gasteiger partial charge on any atom is 0.407 e. The molecule has 0 unspecified atom stereocenters. The number of hydrogen-bond donors (Lipinski definition) is 1. The summed E-state index contributed by atoms with van der Waals surface area (Å²) in [6.45, 7) is 7.28. The molecular formula is C11H20N2O3. The van der Waals surface area contributed by atoms with Gasteiger partial charge in [0.2, 0.25) is 5.91 Å². The van der Waals surface area contributed by atoms with Gasteiger partial charge in [-0.1, -0.05) is 20.8 Å². The van der Waals surface area contributed by atoms with Crippen LogP contribution in [0.15, 0.2) is 0 Å². The number of carbonyl (C=O) groups excluding carboxylic acids is 2. The van der Waals surface area contributed by atoms with Crippen LogP contribution in [0.1, 0.15) is 27.2 Å². The molecule has 16 heavy (non-hydrogen) atoms. The summed E-state index contributed by atoms with van der Waals surface area (Å²) < 4.78 is 4.48. The average Bonchev–Trinajstić information content (AvgIpc) is 2.06. The van der Waals surface area contributed by atoms with E-state index in [4.69, 9.17) is 0 Å². The third kappa shape index (κ3) is 3.72. The zero-order valence-corrected chi connectivity index (χ0v) is 10.4. The van der Waals surface area contributed by atoms with E-state index in [1.165, 1.54) is 7.11 Å². The Hall–Kier alpha value is -1.26. The molecule has 5 nitrogen and oxygen atoms in total. The molecule has 5 heteroatoms. The molecule has 0 aromatic heterocycles. The first-order chi connectivity index (χ1) is 7.31. The van der Waals surface area contributed by atoms with Crippen LogP contribution in [-0.2, 0) is 9.53 Å². The quantitative estimate of drug-likeness (QED) is 0.766. The minimum atomic E-state index is -0.437. The number of nitrogens with one attached hydrogen (secondary N) is 1. The van der Waals surface area contributed by atoms with Gasteiger partial charge in [0.15, 0.2) is 0 Å². The Kier molecular flexibility index (Phi) is 3.78. The molecule has 0 saturated carbocycles. The molecule has 1 N–H and O–H groups in total. The van der Waals surface area contributed by atoms with E-state index in [0.717, 1.165) is 0 Å². The standard InChI is InChI=1S/C11H20N2O3/c1-11(2,3)5-9(14)13-6-8(7-13)12-10(15)16-4/h8H,5-7H2,1-4H3,(H,12,15). The van der Waals surface area contributed by atoms with Crippen LogP contribution >= 0.6 is 0 Å². The fraction of sp³-hybridized carbons (Fsp3) is 0.818. The molecule has 1 aliphatic heterocycles. The first-order valence-corrected chi connectivity index (χ1v) is 5.44. The maximum absolute atomic E-state index is 11.7. The van der Waals surface area contributed by atoms with Crippen LogP contribution in [0.5, 0.6) is 0 Å². The molecule has 2 amide bonds. The number of likely N-dealkylation sites (tertiary alicyclic amines) is 1. The largest absolute Gasteiger partial charge is 0.453 e. The third-order valence-electron chi connectivity index (χ3n) is 2.42. The smallest absolute Gasteiger partial charge is 0.407 e. The highest BCUT2D eigenvalue weighted by Gasteiger charge is 2.33. The fourth-order valence-electron chi connectivity index (χ4n) is 1.56. The number of amides is 2. The van der Waals surface area contributed by atoms with Crippen LogP contribution in [0.2, 0.25) is 0 Å². The van der Waals surface area contributed by atoms with Crippen LogP contribution in [-0.4, -0.2) is 43.1 Å². The Labute approximate surface area is 96.1 Å².